The number of aryl methyl sites for hydroxylation is 1. The smallest absolute Gasteiger partial charge is 0.229 e. The highest BCUT2D eigenvalue weighted by Crippen LogP contribution is 2.42. The molecule has 5 rings (SSSR count). The van der Waals surface area contributed by atoms with E-state index in [0.717, 1.165) is 37.1 Å². The zero-order valence-electron chi connectivity index (χ0n) is 25.7. The topological polar surface area (TPSA) is 94.7 Å². The van der Waals surface area contributed by atoms with Crippen molar-refractivity contribution in [2.24, 2.45) is 0 Å². The van der Waals surface area contributed by atoms with Crippen LogP contribution >= 0.6 is 22.1 Å². The molecule has 228 valence electrons. The number of aromatic nitrogens is 2. The van der Waals surface area contributed by atoms with Crippen LogP contribution in [0.25, 0.3) is 0 Å². The molecular formula is C31H44ClN7O2S. The van der Waals surface area contributed by atoms with Crippen LogP contribution in [0.3, 0.4) is 0 Å². The molecule has 0 amide bonds. The molecule has 1 saturated carbocycles. The van der Waals surface area contributed by atoms with Crippen molar-refractivity contribution >= 4 is 50.5 Å². The van der Waals surface area contributed by atoms with Crippen LogP contribution < -0.4 is 20.8 Å². The monoisotopic (exact) mass is 613 g/mol. The Balaban J connectivity index is 1.39. The standard InChI is InChI=1S/C31H44ClN7O2S/c1-17(2)42(8)30(40)28-26(16-38(6)37-28)34-29-24(32)15-33-31(36-29)35-25-11-18(3)23(14-27(25)41-22-9-10-22)21-12-19(4)39(7)20(5)13-21/h11,14-17,19-22,28,37H,8-10,12-13H2,1-7H3,(H2,33,34,35,36). The lowest BCUT2D eigenvalue weighted by atomic mass is 9.81. The summed E-state index contributed by atoms with van der Waals surface area (Å²) in [5, 5.41) is 8.96. The van der Waals surface area contributed by atoms with Gasteiger partial charge in [0.15, 0.2) is 5.82 Å². The molecule has 3 N–H and O–H groups in total. The fourth-order valence-electron chi connectivity index (χ4n) is 5.68. The number of carbonyl (C=O) groups excluding carboxylic acids is 1. The van der Waals surface area contributed by atoms with E-state index in [0.29, 0.717) is 40.5 Å². The molecule has 3 heterocycles. The average Bonchev–Trinajstić information content (AvgIpc) is 3.68. The number of halogens is 1. The van der Waals surface area contributed by atoms with E-state index in [1.165, 1.54) is 11.1 Å². The maximum absolute atomic E-state index is 13.2. The van der Waals surface area contributed by atoms with Crippen molar-refractivity contribution in [3.63, 3.8) is 0 Å². The Labute approximate surface area is 257 Å². The maximum Gasteiger partial charge on any atom is 0.229 e. The molecule has 0 spiro atoms. The van der Waals surface area contributed by atoms with Crippen molar-refractivity contribution in [1.82, 2.24) is 25.3 Å². The van der Waals surface area contributed by atoms with Crippen molar-refractivity contribution in [2.75, 3.05) is 24.7 Å². The lowest BCUT2D eigenvalue weighted by Crippen LogP contribution is -2.43. The third-order valence-electron chi connectivity index (χ3n) is 8.56. The summed E-state index contributed by atoms with van der Waals surface area (Å²) in [6.45, 7) is 10.8. The molecule has 42 heavy (non-hydrogen) atoms. The molecule has 0 bridgehead atoms. The number of anilines is 3. The SMILES string of the molecule is C=S(C(=O)C1NN(C)C=C1Nc1nc(Nc2cc(C)c(C3CC(C)N(C)C(C)C3)cc2OC2CC2)ncc1Cl)C(C)C. The van der Waals surface area contributed by atoms with E-state index in [1.54, 1.807) is 11.2 Å². The molecule has 9 nitrogen and oxygen atoms in total. The molecule has 0 radical (unpaired) electrons. The van der Waals surface area contributed by atoms with E-state index >= 15 is 0 Å². The van der Waals surface area contributed by atoms with Gasteiger partial charge in [0, 0.05) is 30.6 Å². The Bertz CT molecular complexity index is 1380. The number of carbonyl (C=O) groups is 1. The first-order chi connectivity index (χ1) is 19.9. The average molecular weight is 614 g/mol. The van der Waals surface area contributed by atoms with Crippen molar-refractivity contribution < 1.29 is 9.53 Å². The van der Waals surface area contributed by atoms with Crippen molar-refractivity contribution in [1.29, 1.82) is 0 Å². The lowest BCUT2D eigenvalue weighted by molar-refractivity contribution is -0.112. The van der Waals surface area contributed by atoms with Gasteiger partial charge in [-0.2, -0.15) is 4.98 Å². The van der Waals surface area contributed by atoms with Crippen LogP contribution in [0.1, 0.15) is 70.4 Å². The van der Waals surface area contributed by atoms with Crippen LogP contribution in [0.5, 0.6) is 5.75 Å². The highest BCUT2D eigenvalue weighted by atomic mass is 35.5. The highest BCUT2D eigenvalue weighted by Gasteiger charge is 2.33. The van der Waals surface area contributed by atoms with Crippen LogP contribution in [-0.2, 0) is 4.79 Å². The van der Waals surface area contributed by atoms with Crippen LogP contribution in [0, 0.1) is 6.92 Å². The first-order valence-electron chi connectivity index (χ1n) is 14.8. The number of rotatable bonds is 9. The van der Waals surface area contributed by atoms with Gasteiger partial charge in [0.05, 0.1) is 23.7 Å². The quantitative estimate of drug-likeness (QED) is 0.294. The Morgan fingerprint density at radius 2 is 1.88 bits per heavy atom. The first kappa shape index (κ1) is 30.8. The van der Waals surface area contributed by atoms with E-state index in [1.807, 2.05) is 27.1 Å². The van der Waals surface area contributed by atoms with E-state index in [4.69, 9.17) is 21.3 Å². The molecule has 1 aromatic carbocycles. The van der Waals surface area contributed by atoms with Gasteiger partial charge in [-0.25, -0.2) is 10.4 Å². The van der Waals surface area contributed by atoms with Crippen molar-refractivity contribution in [3.05, 3.63) is 46.4 Å². The largest absolute Gasteiger partial charge is 0.488 e. The number of hydrazine groups is 1. The molecule has 11 heteroatoms. The number of piperidine rings is 1. The van der Waals surface area contributed by atoms with Crippen LogP contribution in [0.2, 0.25) is 5.02 Å². The Hall–Kier alpha value is -2.66. The summed E-state index contributed by atoms with van der Waals surface area (Å²) < 4.78 is 6.41. The Morgan fingerprint density at radius 1 is 1.19 bits per heavy atom. The van der Waals surface area contributed by atoms with Gasteiger partial charge in [-0.3, -0.25) is 4.79 Å². The molecule has 3 aliphatic rings. The van der Waals surface area contributed by atoms with Crippen molar-refractivity contribution in [2.45, 2.75) is 95.7 Å². The fourth-order valence-corrected chi connectivity index (χ4v) is 6.76. The number of ether oxygens (including phenoxy) is 1. The maximum atomic E-state index is 13.2. The second kappa shape index (κ2) is 12.5. The number of nitrogens with one attached hydrogen (secondary N) is 3. The first-order valence-corrected chi connectivity index (χ1v) is 16.6. The summed E-state index contributed by atoms with van der Waals surface area (Å²) in [5.41, 5.74) is 7.26. The molecule has 2 aromatic rings. The predicted molar refractivity (Wildman–Crippen MR) is 175 cm³/mol. The van der Waals surface area contributed by atoms with Gasteiger partial charge in [0.25, 0.3) is 0 Å². The van der Waals surface area contributed by atoms with Gasteiger partial charge in [0.2, 0.25) is 11.1 Å². The molecular weight excluding hydrogens is 570 g/mol. The van der Waals surface area contributed by atoms with E-state index < -0.39 is 16.5 Å². The van der Waals surface area contributed by atoms with Crippen LogP contribution in [0.4, 0.5) is 17.5 Å². The summed E-state index contributed by atoms with van der Waals surface area (Å²) in [6, 6.07) is 4.89. The van der Waals surface area contributed by atoms with Gasteiger partial charge in [-0.15, -0.1) is 10.5 Å². The minimum absolute atomic E-state index is 0.0301. The molecule has 1 saturated heterocycles. The van der Waals surface area contributed by atoms with Gasteiger partial charge in [0.1, 0.15) is 16.8 Å². The molecule has 2 aliphatic heterocycles. The lowest BCUT2D eigenvalue weighted by Gasteiger charge is -2.41. The van der Waals surface area contributed by atoms with Gasteiger partial charge in [-0.05, 0) is 82.7 Å². The third-order valence-corrected chi connectivity index (χ3v) is 10.7. The van der Waals surface area contributed by atoms with E-state index in [-0.39, 0.29) is 16.5 Å². The predicted octanol–water partition coefficient (Wildman–Crippen LogP) is 6.02. The summed E-state index contributed by atoms with van der Waals surface area (Å²) in [6.07, 6.45) is 8.04. The minimum Gasteiger partial charge on any atom is -0.488 e. The summed E-state index contributed by atoms with van der Waals surface area (Å²) >= 11 is 6.53. The number of hydrogen-bond acceptors (Lipinski definition) is 9. The summed E-state index contributed by atoms with van der Waals surface area (Å²) in [4.78, 5) is 24.8. The second-order valence-electron chi connectivity index (χ2n) is 12.2. The third kappa shape index (κ3) is 6.77. The van der Waals surface area contributed by atoms with E-state index in [9.17, 15) is 4.79 Å². The molecule has 1 aromatic heterocycles. The normalized spacial score (nSPS) is 25.4. The van der Waals surface area contributed by atoms with Gasteiger partial charge >= 0.3 is 0 Å². The number of nitrogens with zero attached hydrogens (tertiary/aromatic N) is 4. The van der Waals surface area contributed by atoms with Crippen LogP contribution in [0.15, 0.2) is 30.2 Å². The summed E-state index contributed by atoms with van der Waals surface area (Å²) in [5.74, 6) is 6.22. The van der Waals surface area contributed by atoms with Gasteiger partial charge < -0.3 is 25.3 Å². The number of benzene rings is 1. The van der Waals surface area contributed by atoms with Crippen molar-refractivity contribution in [3.8, 4) is 5.75 Å². The minimum atomic E-state index is -0.654. The Kier molecular flexibility index (Phi) is 9.18. The number of hydrogen-bond donors (Lipinski definition) is 3. The van der Waals surface area contributed by atoms with E-state index in [2.05, 4.69) is 71.8 Å². The summed E-state index contributed by atoms with van der Waals surface area (Å²) in [7, 11) is 3.42. The van der Waals surface area contributed by atoms with Gasteiger partial charge in [-0.1, -0.05) is 31.3 Å². The molecule has 1 aliphatic carbocycles. The van der Waals surface area contributed by atoms with Crippen LogP contribution in [-0.4, -0.2) is 74.4 Å². The zero-order valence-corrected chi connectivity index (χ0v) is 27.3. The molecule has 2 fully saturated rings. The second-order valence-corrected chi connectivity index (χ2v) is 14.9. The number of likely N-dealkylation sites (tertiary alicyclic amines) is 1. The Morgan fingerprint density at radius 3 is 2.52 bits per heavy atom. The zero-order chi connectivity index (χ0) is 30.3. The fraction of sp³-hybridized carbons (Fsp3) is 0.548. The highest BCUT2D eigenvalue weighted by molar-refractivity contribution is 8.27. The molecule has 4 atom stereocenters. The molecule has 4 unspecified atom stereocenters.